The van der Waals surface area contributed by atoms with E-state index in [1.807, 2.05) is 0 Å². The van der Waals surface area contributed by atoms with Crippen molar-refractivity contribution in [2.24, 2.45) is 11.5 Å². The summed E-state index contributed by atoms with van der Waals surface area (Å²) in [5, 5.41) is 17.5. The molecule has 0 aliphatic heterocycles. The van der Waals surface area contributed by atoms with Gasteiger partial charge in [-0.25, -0.2) is 0 Å². The Kier molecular flexibility index (Phi) is 6.12. The van der Waals surface area contributed by atoms with Crippen LogP contribution in [-0.2, 0) is 4.79 Å². The van der Waals surface area contributed by atoms with Gasteiger partial charge in [-0.15, -0.1) is 0 Å². The second-order valence-electron chi connectivity index (χ2n) is 3.78. The summed E-state index contributed by atoms with van der Waals surface area (Å²) in [5.74, 6) is -0.263. The second-order valence-corrected chi connectivity index (χ2v) is 3.78. The lowest BCUT2D eigenvalue weighted by Crippen LogP contribution is -2.23. The van der Waals surface area contributed by atoms with Gasteiger partial charge < -0.3 is 22.2 Å². The van der Waals surface area contributed by atoms with Gasteiger partial charge in [-0.05, 0) is 26.1 Å². The summed E-state index contributed by atoms with van der Waals surface area (Å²) in [6, 6.07) is 0. The monoisotopic (exact) mass is 249 g/mol. The molecule has 0 unspecified atom stereocenters. The minimum atomic E-state index is -0.301. The Bertz CT molecular complexity index is 441. The predicted octanol–water partition coefficient (Wildman–Crippen LogP) is 0.771. The summed E-state index contributed by atoms with van der Waals surface area (Å²) in [6.07, 6.45) is 2.52. The first-order valence-corrected chi connectivity index (χ1v) is 5.26. The van der Waals surface area contributed by atoms with Gasteiger partial charge in [-0.1, -0.05) is 6.58 Å². The molecule has 6 nitrogen and oxygen atoms in total. The Morgan fingerprint density at radius 2 is 1.94 bits per heavy atom. The van der Waals surface area contributed by atoms with Gasteiger partial charge in [0.1, 0.15) is 5.84 Å². The molecule has 6 heteroatoms. The van der Waals surface area contributed by atoms with Gasteiger partial charge in [0.05, 0.1) is 12.0 Å². The summed E-state index contributed by atoms with van der Waals surface area (Å²) in [4.78, 5) is 11.9. The van der Waals surface area contributed by atoms with Crippen molar-refractivity contribution in [1.82, 2.24) is 5.32 Å². The zero-order valence-electron chi connectivity index (χ0n) is 10.6. The minimum absolute atomic E-state index is 0.0269. The Labute approximate surface area is 106 Å². The summed E-state index contributed by atoms with van der Waals surface area (Å²) >= 11 is 0. The number of hydrogen-bond donors (Lipinski definition) is 5. The van der Waals surface area contributed by atoms with E-state index in [2.05, 4.69) is 11.9 Å². The number of nitrogens with one attached hydrogen (secondary N) is 3. The molecule has 0 rings (SSSR count). The SMILES string of the molecule is C=C(CC(=O)/C(C(C)=N)=C(\C)N)NC(=N)/C=C\N. The molecule has 0 aliphatic rings. The lowest BCUT2D eigenvalue weighted by Gasteiger charge is -2.10. The van der Waals surface area contributed by atoms with Crippen molar-refractivity contribution in [2.45, 2.75) is 20.3 Å². The smallest absolute Gasteiger partial charge is 0.172 e. The first-order valence-electron chi connectivity index (χ1n) is 5.26. The largest absolute Gasteiger partial charge is 0.404 e. The van der Waals surface area contributed by atoms with E-state index < -0.39 is 0 Å². The number of carbonyl (C=O) groups is 1. The van der Waals surface area contributed by atoms with Gasteiger partial charge in [-0.2, -0.15) is 0 Å². The summed E-state index contributed by atoms with van der Waals surface area (Å²) < 4.78 is 0. The van der Waals surface area contributed by atoms with E-state index >= 15 is 0 Å². The van der Waals surface area contributed by atoms with Gasteiger partial charge in [0.25, 0.3) is 0 Å². The minimum Gasteiger partial charge on any atom is -0.404 e. The van der Waals surface area contributed by atoms with Crippen LogP contribution >= 0.6 is 0 Å². The van der Waals surface area contributed by atoms with Crippen molar-refractivity contribution in [3.8, 4) is 0 Å². The van der Waals surface area contributed by atoms with Crippen molar-refractivity contribution < 1.29 is 4.79 Å². The first kappa shape index (κ1) is 15.6. The van der Waals surface area contributed by atoms with Crippen LogP contribution in [0, 0.1) is 10.8 Å². The fourth-order valence-corrected chi connectivity index (χ4v) is 1.38. The molecule has 0 aromatic rings. The van der Waals surface area contributed by atoms with Gasteiger partial charge in [0.2, 0.25) is 0 Å². The number of allylic oxidation sites excluding steroid dienone is 3. The Balaban J connectivity index is 4.68. The fraction of sp³-hybridized carbons (Fsp3) is 0.250. The van der Waals surface area contributed by atoms with Gasteiger partial charge in [0, 0.05) is 17.1 Å². The highest BCUT2D eigenvalue weighted by Gasteiger charge is 2.15. The zero-order chi connectivity index (χ0) is 14.3. The van der Waals surface area contributed by atoms with E-state index in [1.165, 1.54) is 19.2 Å². The molecule has 0 saturated carbocycles. The van der Waals surface area contributed by atoms with Crippen LogP contribution in [0.15, 0.2) is 35.8 Å². The molecule has 0 heterocycles. The number of carbonyl (C=O) groups excluding carboxylic acids is 1. The van der Waals surface area contributed by atoms with Crippen LogP contribution in [0.5, 0.6) is 0 Å². The number of nitrogens with two attached hydrogens (primary N) is 2. The van der Waals surface area contributed by atoms with E-state index in [1.54, 1.807) is 6.92 Å². The number of Topliss-reactive ketones (excluding diaryl/α,β-unsaturated/α-hetero) is 1. The normalized spacial score (nSPS) is 11.9. The van der Waals surface area contributed by atoms with E-state index in [0.717, 1.165) is 0 Å². The quantitative estimate of drug-likeness (QED) is 0.270. The van der Waals surface area contributed by atoms with Gasteiger partial charge >= 0.3 is 0 Å². The van der Waals surface area contributed by atoms with Crippen molar-refractivity contribution >= 4 is 17.3 Å². The maximum absolute atomic E-state index is 11.9. The third-order valence-corrected chi connectivity index (χ3v) is 2.00. The molecule has 0 radical (unpaired) electrons. The van der Waals surface area contributed by atoms with Crippen LogP contribution in [0.2, 0.25) is 0 Å². The highest BCUT2D eigenvalue weighted by molar-refractivity contribution is 6.21. The molecule has 0 aliphatic carbocycles. The van der Waals surface area contributed by atoms with Crippen molar-refractivity contribution in [3.63, 3.8) is 0 Å². The number of hydrogen-bond acceptors (Lipinski definition) is 5. The van der Waals surface area contributed by atoms with Crippen molar-refractivity contribution in [1.29, 1.82) is 10.8 Å². The standard InChI is InChI=1S/C12H19N5O/c1-7(17-11(16)4-5-13)6-10(18)12(8(2)14)9(3)15/h4-5,14H,1,6,13,15H2,2-3H3,(H2,16,17)/b5-4-,12-9+,14-8?. The molecule has 98 valence electrons. The highest BCUT2D eigenvalue weighted by atomic mass is 16.1. The second kappa shape index (κ2) is 7.05. The summed E-state index contributed by atoms with van der Waals surface area (Å²) in [5.41, 5.74) is 11.6. The van der Waals surface area contributed by atoms with E-state index in [9.17, 15) is 4.79 Å². The molecule has 0 fully saturated rings. The van der Waals surface area contributed by atoms with Crippen molar-refractivity contribution in [2.75, 3.05) is 0 Å². The Hall–Kier alpha value is -2.37. The average Bonchev–Trinajstić information content (AvgIpc) is 2.14. The molecule has 0 atom stereocenters. The van der Waals surface area contributed by atoms with Crippen molar-refractivity contribution in [3.05, 3.63) is 35.8 Å². The van der Waals surface area contributed by atoms with E-state index in [4.69, 9.17) is 22.3 Å². The molecule has 18 heavy (non-hydrogen) atoms. The zero-order valence-corrected chi connectivity index (χ0v) is 10.6. The van der Waals surface area contributed by atoms with Crippen LogP contribution in [0.3, 0.4) is 0 Å². The third-order valence-electron chi connectivity index (χ3n) is 2.00. The predicted molar refractivity (Wildman–Crippen MR) is 73.2 cm³/mol. The number of ketones is 1. The fourth-order valence-electron chi connectivity index (χ4n) is 1.38. The maximum atomic E-state index is 11.9. The highest BCUT2D eigenvalue weighted by Crippen LogP contribution is 2.08. The molecular weight excluding hydrogens is 230 g/mol. The Morgan fingerprint density at radius 3 is 2.33 bits per heavy atom. The lowest BCUT2D eigenvalue weighted by atomic mass is 10.0. The number of rotatable bonds is 6. The van der Waals surface area contributed by atoms with Crippen LogP contribution < -0.4 is 16.8 Å². The molecule has 7 N–H and O–H groups in total. The molecule has 0 aromatic carbocycles. The molecule has 0 bridgehead atoms. The van der Waals surface area contributed by atoms with Gasteiger partial charge in [-0.3, -0.25) is 10.2 Å². The average molecular weight is 249 g/mol. The van der Waals surface area contributed by atoms with Crippen LogP contribution in [0.25, 0.3) is 0 Å². The molecule has 0 aromatic heterocycles. The number of amidine groups is 1. The van der Waals surface area contributed by atoms with Crippen LogP contribution in [0.1, 0.15) is 20.3 Å². The molecular formula is C12H19N5O. The first-order chi connectivity index (χ1) is 8.29. The summed E-state index contributed by atoms with van der Waals surface area (Å²) in [6.45, 7) is 6.71. The van der Waals surface area contributed by atoms with Gasteiger partial charge in [0.15, 0.2) is 5.78 Å². The molecule has 0 spiro atoms. The summed E-state index contributed by atoms with van der Waals surface area (Å²) in [7, 11) is 0. The van der Waals surface area contributed by atoms with Crippen LogP contribution in [-0.4, -0.2) is 17.3 Å². The third kappa shape index (κ3) is 5.11. The van der Waals surface area contributed by atoms with E-state index in [-0.39, 0.29) is 29.3 Å². The molecule has 0 amide bonds. The molecule has 0 saturated heterocycles. The van der Waals surface area contributed by atoms with E-state index in [0.29, 0.717) is 11.4 Å². The Morgan fingerprint density at radius 1 is 1.39 bits per heavy atom. The topological polar surface area (TPSA) is 129 Å². The maximum Gasteiger partial charge on any atom is 0.172 e. The lowest BCUT2D eigenvalue weighted by molar-refractivity contribution is -0.114. The van der Waals surface area contributed by atoms with Crippen LogP contribution in [0.4, 0.5) is 0 Å².